The van der Waals surface area contributed by atoms with Crippen molar-refractivity contribution in [2.24, 2.45) is 0 Å². The quantitative estimate of drug-likeness (QED) is 0.863. The summed E-state index contributed by atoms with van der Waals surface area (Å²) in [7, 11) is 1.75. The summed E-state index contributed by atoms with van der Waals surface area (Å²) in [6, 6.07) is 7.75. The van der Waals surface area contributed by atoms with Crippen LogP contribution >= 0.6 is 11.6 Å². The van der Waals surface area contributed by atoms with Crippen LogP contribution in [0, 0.1) is 0 Å². The third-order valence-corrected chi connectivity index (χ3v) is 3.94. The standard InChI is InChI=1S/C14H20ClNO2/c1-18-14-8-4-7-12(14)16-9-13(17)10-5-2-3-6-11(10)15/h2-3,5-6,12-14,16-17H,4,7-9H2,1H3. The molecule has 18 heavy (non-hydrogen) atoms. The maximum Gasteiger partial charge on any atom is 0.0928 e. The number of hydrogen-bond donors (Lipinski definition) is 2. The van der Waals surface area contributed by atoms with E-state index < -0.39 is 6.10 Å². The van der Waals surface area contributed by atoms with E-state index in [4.69, 9.17) is 16.3 Å². The number of aliphatic hydroxyl groups is 1. The fourth-order valence-corrected chi connectivity index (χ4v) is 2.82. The van der Waals surface area contributed by atoms with Crippen LogP contribution in [0.3, 0.4) is 0 Å². The fourth-order valence-electron chi connectivity index (χ4n) is 2.56. The zero-order chi connectivity index (χ0) is 13.0. The molecule has 1 aromatic rings. The lowest BCUT2D eigenvalue weighted by molar-refractivity contribution is 0.0780. The van der Waals surface area contributed by atoms with Crippen LogP contribution in [0.15, 0.2) is 24.3 Å². The summed E-state index contributed by atoms with van der Waals surface area (Å²) in [6.45, 7) is 0.508. The molecule has 0 bridgehead atoms. The average molecular weight is 270 g/mol. The van der Waals surface area contributed by atoms with Crippen LogP contribution in [0.5, 0.6) is 0 Å². The van der Waals surface area contributed by atoms with Crippen LogP contribution in [0.25, 0.3) is 0 Å². The molecule has 0 aromatic heterocycles. The van der Waals surface area contributed by atoms with Crippen molar-refractivity contribution in [1.29, 1.82) is 0 Å². The highest BCUT2D eigenvalue weighted by molar-refractivity contribution is 6.31. The fraction of sp³-hybridized carbons (Fsp3) is 0.571. The third kappa shape index (κ3) is 3.23. The Morgan fingerprint density at radius 3 is 2.94 bits per heavy atom. The summed E-state index contributed by atoms with van der Waals surface area (Å²) in [6.07, 6.45) is 3.07. The molecule has 1 fully saturated rings. The van der Waals surface area contributed by atoms with Crippen molar-refractivity contribution in [2.45, 2.75) is 37.5 Å². The summed E-state index contributed by atoms with van der Waals surface area (Å²) >= 11 is 6.06. The number of aliphatic hydroxyl groups excluding tert-OH is 1. The normalized spacial score (nSPS) is 25.3. The first-order chi connectivity index (χ1) is 8.72. The molecule has 0 heterocycles. The molecule has 3 unspecified atom stereocenters. The van der Waals surface area contributed by atoms with Gasteiger partial charge >= 0.3 is 0 Å². The predicted molar refractivity (Wildman–Crippen MR) is 72.9 cm³/mol. The minimum Gasteiger partial charge on any atom is -0.387 e. The van der Waals surface area contributed by atoms with Crippen molar-refractivity contribution in [1.82, 2.24) is 5.32 Å². The minimum atomic E-state index is -0.572. The number of methoxy groups -OCH3 is 1. The van der Waals surface area contributed by atoms with Crippen molar-refractivity contribution < 1.29 is 9.84 Å². The average Bonchev–Trinajstić information content (AvgIpc) is 2.84. The Bertz CT molecular complexity index is 386. The van der Waals surface area contributed by atoms with Gasteiger partial charge in [0.15, 0.2) is 0 Å². The smallest absolute Gasteiger partial charge is 0.0928 e. The van der Waals surface area contributed by atoms with E-state index in [1.807, 2.05) is 18.2 Å². The van der Waals surface area contributed by atoms with Gasteiger partial charge in [0.05, 0.1) is 12.2 Å². The molecule has 0 aliphatic heterocycles. The van der Waals surface area contributed by atoms with E-state index in [2.05, 4.69) is 5.32 Å². The lowest BCUT2D eigenvalue weighted by Crippen LogP contribution is -2.39. The van der Waals surface area contributed by atoms with Gasteiger partial charge in [-0.25, -0.2) is 0 Å². The molecule has 1 aliphatic rings. The van der Waals surface area contributed by atoms with Crippen LogP contribution < -0.4 is 5.32 Å². The summed E-state index contributed by atoms with van der Waals surface area (Å²) in [5.41, 5.74) is 0.777. The number of hydrogen-bond acceptors (Lipinski definition) is 3. The number of benzene rings is 1. The van der Waals surface area contributed by atoms with Gasteiger partial charge in [-0.05, 0) is 25.3 Å². The van der Waals surface area contributed by atoms with Gasteiger partial charge in [-0.2, -0.15) is 0 Å². The summed E-state index contributed by atoms with van der Waals surface area (Å²) < 4.78 is 5.42. The van der Waals surface area contributed by atoms with E-state index in [0.29, 0.717) is 17.6 Å². The molecule has 2 rings (SSSR count). The first kappa shape index (κ1) is 13.8. The lowest BCUT2D eigenvalue weighted by Gasteiger charge is -2.22. The second kappa shape index (κ2) is 6.53. The summed E-state index contributed by atoms with van der Waals surface area (Å²) in [4.78, 5) is 0. The van der Waals surface area contributed by atoms with E-state index in [1.54, 1.807) is 13.2 Å². The maximum absolute atomic E-state index is 10.1. The molecule has 2 N–H and O–H groups in total. The van der Waals surface area contributed by atoms with Crippen molar-refractivity contribution in [2.75, 3.05) is 13.7 Å². The SMILES string of the molecule is COC1CCCC1NCC(O)c1ccccc1Cl. The third-order valence-electron chi connectivity index (χ3n) is 3.59. The van der Waals surface area contributed by atoms with E-state index in [1.165, 1.54) is 6.42 Å². The number of rotatable bonds is 5. The van der Waals surface area contributed by atoms with Gasteiger partial charge in [-0.15, -0.1) is 0 Å². The molecule has 0 saturated heterocycles. The zero-order valence-electron chi connectivity index (χ0n) is 10.6. The highest BCUT2D eigenvalue weighted by Gasteiger charge is 2.27. The van der Waals surface area contributed by atoms with Gasteiger partial charge in [0.2, 0.25) is 0 Å². The van der Waals surface area contributed by atoms with E-state index in [-0.39, 0.29) is 6.10 Å². The molecule has 4 heteroatoms. The second-order valence-corrected chi connectivity index (χ2v) is 5.16. The monoisotopic (exact) mass is 269 g/mol. The van der Waals surface area contributed by atoms with Crippen molar-refractivity contribution in [3.8, 4) is 0 Å². The van der Waals surface area contributed by atoms with Gasteiger partial charge < -0.3 is 15.2 Å². The van der Waals surface area contributed by atoms with E-state index in [9.17, 15) is 5.11 Å². The molecule has 0 spiro atoms. The summed E-state index contributed by atoms with van der Waals surface area (Å²) in [5.74, 6) is 0. The lowest BCUT2D eigenvalue weighted by atomic mass is 10.1. The molecular formula is C14H20ClNO2. The van der Waals surface area contributed by atoms with Crippen LogP contribution in [0.2, 0.25) is 5.02 Å². The molecule has 0 amide bonds. The molecule has 0 radical (unpaired) electrons. The Morgan fingerprint density at radius 2 is 2.22 bits per heavy atom. The Hall–Kier alpha value is -0.610. The highest BCUT2D eigenvalue weighted by Crippen LogP contribution is 2.24. The van der Waals surface area contributed by atoms with Gasteiger partial charge in [0.1, 0.15) is 0 Å². The van der Waals surface area contributed by atoms with Crippen LogP contribution in [0.4, 0.5) is 0 Å². The number of ether oxygens (including phenoxy) is 1. The molecule has 3 nitrogen and oxygen atoms in total. The number of halogens is 1. The van der Waals surface area contributed by atoms with Crippen LogP contribution in [0.1, 0.15) is 30.9 Å². The molecule has 1 aliphatic carbocycles. The largest absolute Gasteiger partial charge is 0.387 e. The Kier molecular flexibility index (Phi) is 5.01. The molecule has 1 saturated carbocycles. The molecule has 3 atom stereocenters. The predicted octanol–water partition coefficient (Wildman–Crippen LogP) is 2.53. The van der Waals surface area contributed by atoms with Gasteiger partial charge in [0.25, 0.3) is 0 Å². The van der Waals surface area contributed by atoms with E-state index in [0.717, 1.165) is 18.4 Å². The molecular weight excluding hydrogens is 250 g/mol. The van der Waals surface area contributed by atoms with Crippen molar-refractivity contribution in [3.05, 3.63) is 34.9 Å². The summed E-state index contributed by atoms with van der Waals surface area (Å²) in [5, 5.41) is 14.1. The maximum atomic E-state index is 10.1. The van der Waals surface area contributed by atoms with Gasteiger partial charge in [-0.1, -0.05) is 29.8 Å². The topological polar surface area (TPSA) is 41.5 Å². The van der Waals surface area contributed by atoms with Gasteiger partial charge in [-0.3, -0.25) is 0 Å². The molecule has 1 aromatic carbocycles. The Morgan fingerprint density at radius 1 is 1.44 bits per heavy atom. The molecule has 100 valence electrons. The van der Waals surface area contributed by atoms with Gasteiger partial charge in [0, 0.05) is 30.3 Å². The second-order valence-electron chi connectivity index (χ2n) is 4.76. The van der Waals surface area contributed by atoms with E-state index >= 15 is 0 Å². The Labute approximate surface area is 113 Å². The zero-order valence-corrected chi connectivity index (χ0v) is 11.4. The number of nitrogens with one attached hydrogen (secondary N) is 1. The minimum absolute atomic E-state index is 0.267. The Balaban J connectivity index is 1.88. The van der Waals surface area contributed by atoms with Crippen molar-refractivity contribution >= 4 is 11.6 Å². The first-order valence-electron chi connectivity index (χ1n) is 6.41. The van der Waals surface area contributed by atoms with Crippen molar-refractivity contribution in [3.63, 3.8) is 0 Å². The first-order valence-corrected chi connectivity index (χ1v) is 6.79. The van der Waals surface area contributed by atoms with Crippen LogP contribution in [-0.4, -0.2) is 30.9 Å². The highest BCUT2D eigenvalue weighted by atomic mass is 35.5. The van der Waals surface area contributed by atoms with Crippen LogP contribution in [-0.2, 0) is 4.74 Å².